The normalized spacial score (nSPS) is 11.9. The first-order valence-electron chi connectivity index (χ1n) is 6.20. The number of ether oxygens (including phenoxy) is 2. The summed E-state index contributed by atoms with van der Waals surface area (Å²) >= 11 is 0. The number of benzene rings is 1. The first kappa shape index (κ1) is 14.5. The quantitative estimate of drug-likeness (QED) is 0.752. The number of hydrogen-bond acceptors (Lipinski definition) is 4. The lowest BCUT2D eigenvalue weighted by Crippen LogP contribution is -2.24. The average Bonchev–Trinajstić information content (AvgIpc) is 2.38. The molecule has 0 bridgehead atoms. The van der Waals surface area contributed by atoms with Crippen molar-refractivity contribution in [2.45, 2.75) is 32.2 Å². The fourth-order valence-electron chi connectivity index (χ4n) is 1.76. The first-order chi connectivity index (χ1) is 8.67. The second-order valence-corrected chi connectivity index (χ2v) is 4.12. The highest BCUT2D eigenvalue weighted by Gasteiger charge is 2.10. The molecule has 4 heteroatoms. The predicted molar refractivity (Wildman–Crippen MR) is 70.5 cm³/mol. The fraction of sp³-hybridized carbons (Fsp3) is 0.500. The van der Waals surface area contributed by atoms with Gasteiger partial charge >= 0.3 is 5.97 Å². The van der Waals surface area contributed by atoms with E-state index >= 15 is 0 Å². The van der Waals surface area contributed by atoms with Crippen LogP contribution in [0.1, 0.15) is 25.3 Å². The highest BCUT2D eigenvalue weighted by molar-refractivity contribution is 5.69. The standard InChI is InChI=1S/C14H21NO3/c1-3-18-13-7-5-4-6-11(13)10-12(15)8-9-14(16)17-2/h4-7,12H,3,8-10,15H2,1-2H3. The number of rotatable bonds is 7. The molecule has 0 saturated carbocycles. The summed E-state index contributed by atoms with van der Waals surface area (Å²) in [6, 6.07) is 7.78. The molecular weight excluding hydrogens is 230 g/mol. The highest BCUT2D eigenvalue weighted by atomic mass is 16.5. The lowest BCUT2D eigenvalue weighted by Gasteiger charge is -2.14. The van der Waals surface area contributed by atoms with Crippen LogP contribution >= 0.6 is 0 Å². The van der Waals surface area contributed by atoms with Gasteiger partial charge in [0.1, 0.15) is 5.75 Å². The molecule has 1 aromatic carbocycles. The van der Waals surface area contributed by atoms with Crippen molar-refractivity contribution in [3.05, 3.63) is 29.8 Å². The zero-order chi connectivity index (χ0) is 13.4. The van der Waals surface area contributed by atoms with Crippen LogP contribution in [-0.2, 0) is 16.0 Å². The molecule has 0 spiro atoms. The van der Waals surface area contributed by atoms with Gasteiger partial charge in [-0.1, -0.05) is 18.2 Å². The van der Waals surface area contributed by atoms with Crippen LogP contribution in [0.3, 0.4) is 0 Å². The number of esters is 1. The van der Waals surface area contributed by atoms with Gasteiger partial charge in [-0.3, -0.25) is 4.79 Å². The largest absolute Gasteiger partial charge is 0.494 e. The molecular formula is C14H21NO3. The van der Waals surface area contributed by atoms with Crippen molar-refractivity contribution in [2.24, 2.45) is 5.73 Å². The minimum absolute atomic E-state index is 0.0642. The van der Waals surface area contributed by atoms with Gasteiger partial charge in [-0.05, 0) is 31.4 Å². The number of carbonyl (C=O) groups excluding carboxylic acids is 1. The molecule has 100 valence electrons. The van der Waals surface area contributed by atoms with Crippen molar-refractivity contribution in [1.82, 2.24) is 0 Å². The first-order valence-corrected chi connectivity index (χ1v) is 6.20. The van der Waals surface area contributed by atoms with Crippen molar-refractivity contribution in [2.75, 3.05) is 13.7 Å². The SMILES string of the molecule is CCOc1ccccc1CC(N)CCC(=O)OC. The van der Waals surface area contributed by atoms with Crippen molar-refractivity contribution in [3.8, 4) is 5.75 Å². The molecule has 1 rings (SSSR count). The summed E-state index contributed by atoms with van der Waals surface area (Å²) in [5.41, 5.74) is 7.09. The molecule has 2 N–H and O–H groups in total. The van der Waals surface area contributed by atoms with Gasteiger partial charge < -0.3 is 15.2 Å². The highest BCUT2D eigenvalue weighted by Crippen LogP contribution is 2.20. The van der Waals surface area contributed by atoms with Crippen molar-refractivity contribution >= 4 is 5.97 Å². The Kier molecular flexibility index (Phi) is 6.22. The summed E-state index contributed by atoms with van der Waals surface area (Å²) in [5.74, 6) is 0.650. The van der Waals surface area contributed by atoms with E-state index in [1.54, 1.807) is 0 Å². The Bertz CT molecular complexity index is 379. The molecule has 0 radical (unpaired) electrons. The number of carbonyl (C=O) groups is 1. The number of nitrogens with two attached hydrogens (primary N) is 1. The smallest absolute Gasteiger partial charge is 0.305 e. The van der Waals surface area contributed by atoms with Crippen LogP contribution in [0, 0.1) is 0 Å². The zero-order valence-corrected chi connectivity index (χ0v) is 11.0. The number of methoxy groups -OCH3 is 1. The van der Waals surface area contributed by atoms with Crippen molar-refractivity contribution in [1.29, 1.82) is 0 Å². The Balaban J connectivity index is 2.53. The topological polar surface area (TPSA) is 61.5 Å². The van der Waals surface area contributed by atoms with Crippen LogP contribution < -0.4 is 10.5 Å². The Morgan fingerprint density at radius 2 is 2.11 bits per heavy atom. The van der Waals surface area contributed by atoms with Gasteiger partial charge in [0.05, 0.1) is 13.7 Å². The van der Waals surface area contributed by atoms with Gasteiger partial charge in [0, 0.05) is 12.5 Å². The molecule has 1 atom stereocenters. The summed E-state index contributed by atoms with van der Waals surface area (Å²) in [6.45, 7) is 2.59. The average molecular weight is 251 g/mol. The third kappa shape index (κ3) is 4.75. The Morgan fingerprint density at radius 3 is 2.78 bits per heavy atom. The summed E-state index contributed by atoms with van der Waals surface area (Å²) in [6.07, 6.45) is 1.68. The fourth-order valence-corrected chi connectivity index (χ4v) is 1.76. The molecule has 0 aliphatic heterocycles. The van der Waals surface area contributed by atoms with Gasteiger partial charge in [-0.15, -0.1) is 0 Å². The van der Waals surface area contributed by atoms with E-state index < -0.39 is 0 Å². The minimum Gasteiger partial charge on any atom is -0.494 e. The van der Waals surface area contributed by atoms with E-state index in [-0.39, 0.29) is 12.0 Å². The second-order valence-electron chi connectivity index (χ2n) is 4.12. The Hall–Kier alpha value is -1.55. The monoisotopic (exact) mass is 251 g/mol. The molecule has 0 fully saturated rings. The lowest BCUT2D eigenvalue weighted by atomic mass is 10.0. The van der Waals surface area contributed by atoms with Crippen LogP contribution in [0.5, 0.6) is 5.75 Å². The maximum atomic E-state index is 11.0. The van der Waals surface area contributed by atoms with E-state index in [9.17, 15) is 4.79 Å². The van der Waals surface area contributed by atoms with E-state index in [1.165, 1.54) is 7.11 Å². The molecule has 1 aromatic rings. The minimum atomic E-state index is -0.219. The Labute approximate surface area is 108 Å². The third-order valence-corrected chi connectivity index (χ3v) is 2.70. The Morgan fingerprint density at radius 1 is 1.39 bits per heavy atom. The van der Waals surface area contributed by atoms with Crippen LogP contribution in [0.15, 0.2) is 24.3 Å². The molecule has 0 aliphatic carbocycles. The van der Waals surface area contributed by atoms with E-state index in [2.05, 4.69) is 4.74 Å². The summed E-state index contributed by atoms with van der Waals surface area (Å²) in [7, 11) is 1.39. The molecule has 4 nitrogen and oxygen atoms in total. The lowest BCUT2D eigenvalue weighted by molar-refractivity contribution is -0.140. The van der Waals surface area contributed by atoms with Gasteiger partial charge in [-0.25, -0.2) is 0 Å². The maximum absolute atomic E-state index is 11.0. The van der Waals surface area contributed by atoms with Crippen LogP contribution in [-0.4, -0.2) is 25.7 Å². The molecule has 0 aromatic heterocycles. The van der Waals surface area contributed by atoms with Crippen LogP contribution in [0.2, 0.25) is 0 Å². The van der Waals surface area contributed by atoms with Crippen molar-refractivity contribution in [3.63, 3.8) is 0 Å². The predicted octanol–water partition coefficient (Wildman–Crippen LogP) is 1.91. The van der Waals surface area contributed by atoms with Crippen LogP contribution in [0.4, 0.5) is 0 Å². The second kappa shape index (κ2) is 7.71. The number of hydrogen-bond donors (Lipinski definition) is 1. The molecule has 0 heterocycles. The van der Waals surface area contributed by atoms with Gasteiger partial charge in [-0.2, -0.15) is 0 Å². The molecule has 0 amide bonds. The zero-order valence-electron chi connectivity index (χ0n) is 11.0. The van der Waals surface area contributed by atoms with Crippen molar-refractivity contribution < 1.29 is 14.3 Å². The van der Waals surface area contributed by atoms with Gasteiger partial charge in [0.25, 0.3) is 0 Å². The third-order valence-electron chi connectivity index (χ3n) is 2.70. The number of para-hydroxylation sites is 1. The van der Waals surface area contributed by atoms with E-state index in [0.29, 0.717) is 25.9 Å². The van der Waals surface area contributed by atoms with Gasteiger partial charge in [0.15, 0.2) is 0 Å². The van der Waals surface area contributed by atoms with E-state index in [4.69, 9.17) is 10.5 Å². The van der Waals surface area contributed by atoms with E-state index in [1.807, 2.05) is 31.2 Å². The van der Waals surface area contributed by atoms with E-state index in [0.717, 1.165) is 11.3 Å². The molecule has 0 aliphatic rings. The summed E-state index contributed by atoms with van der Waals surface area (Å²) in [4.78, 5) is 11.0. The molecule has 1 unspecified atom stereocenters. The summed E-state index contributed by atoms with van der Waals surface area (Å²) < 4.78 is 10.1. The molecule has 18 heavy (non-hydrogen) atoms. The summed E-state index contributed by atoms with van der Waals surface area (Å²) in [5, 5.41) is 0. The maximum Gasteiger partial charge on any atom is 0.305 e. The van der Waals surface area contributed by atoms with Gasteiger partial charge in [0.2, 0.25) is 0 Å². The molecule has 0 saturated heterocycles. The van der Waals surface area contributed by atoms with Crippen LogP contribution in [0.25, 0.3) is 0 Å².